The van der Waals surface area contributed by atoms with Crippen molar-refractivity contribution in [3.63, 3.8) is 0 Å². The van der Waals surface area contributed by atoms with E-state index in [0.717, 1.165) is 11.3 Å². The first-order chi connectivity index (χ1) is 8.65. The number of hydrogen-bond donors (Lipinski definition) is 2. The summed E-state index contributed by atoms with van der Waals surface area (Å²) in [4.78, 5) is 22.8. The molecule has 96 valence electrons. The minimum absolute atomic E-state index is 0.105. The van der Waals surface area contributed by atoms with E-state index in [0.29, 0.717) is 13.0 Å². The monoisotopic (exact) mass is 248 g/mol. The first-order valence-corrected chi connectivity index (χ1v) is 5.92. The molecule has 1 amide bonds. The number of rotatable bonds is 4. The number of hydrogen-bond acceptors (Lipinski definition) is 4. The van der Waals surface area contributed by atoms with Crippen molar-refractivity contribution in [2.24, 2.45) is 0 Å². The van der Waals surface area contributed by atoms with Gasteiger partial charge in [0.2, 0.25) is 5.91 Å². The van der Waals surface area contributed by atoms with Gasteiger partial charge in [0, 0.05) is 12.1 Å². The van der Waals surface area contributed by atoms with Crippen molar-refractivity contribution in [2.75, 3.05) is 18.5 Å². The van der Waals surface area contributed by atoms with Crippen LogP contribution in [-0.4, -0.2) is 31.1 Å². The number of esters is 1. The van der Waals surface area contributed by atoms with Crippen LogP contribution in [0.5, 0.6) is 0 Å². The molecule has 1 aromatic rings. The summed E-state index contributed by atoms with van der Waals surface area (Å²) in [6.45, 7) is 2.49. The fourth-order valence-corrected chi connectivity index (χ4v) is 1.83. The molecule has 0 spiro atoms. The van der Waals surface area contributed by atoms with E-state index < -0.39 is 0 Å². The highest BCUT2D eigenvalue weighted by Gasteiger charge is 2.26. The lowest BCUT2D eigenvalue weighted by atomic mass is 10.2. The van der Waals surface area contributed by atoms with Gasteiger partial charge in [-0.3, -0.25) is 14.9 Å². The molecule has 1 aliphatic rings. The van der Waals surface area contributed by atoms with Gasteiger partial charge < -0.3 is 10.1 Å². The maximum absolute atomic E-state index is 11.7. The molecule has 0 aromatic heterocycles. The second kappa shape index (κ2) is 5.64. The van der Waals surface area contributed by atoms with Crippen LogP contribution in [0.3, 0.4) is 0 Å². The Kier molecular flexibility index (Phi) is 3.94. The lowest BCUT2D eigenvalue weighted by Crippen LogP contribution is -2.38. The van der Waals surface area contributed by atoms with Crippen LogP contribution in [0.2, 0.25) is 0 Å². The van der Waals surface area contributed by atoms with E-state index in [1.54, 1.807) is 0 Å². The molecular formula is C13H16N2O3. The van der Waals surface area contributed by atoms with Gasteiger partial charge in [-0.25, -0.2) is 0 Å². The van der Waals surface area contributed by atoms with Crippen molar-refractivity contribution >= 4 is 17.6 Å². The van der Waals surface area contributed by atoms with Crippen molar-refractivity contribution in [3.8, 4) is 0 Å². The summed E-state index contributed by atoms with van der Waals surface area (Å²) in [5.41, 5.74) is 1.84. The third-order valence-electron chi connectivity index (χ3n) is 2.75. The van der Waals surface area contributed by atoms with Crippen molar-refractivity contribution in [2.45, 2.75) is 19.4 Å². The maximum Gasteiger partial charge on any atom is 0.323 e. The van der Waals surface area contributed by atoms with E-state index >= 15 is 0 Å². The molecule has 0 aliphatic carbocycles. The lowest BCUT2D eigenvalue weighted by molar-refractivity contribution is -0.139. The number of carbonyl (C=O) groups excluding carboxylic acids is 2. The Balaban J connectivity index is 1.80. The Hall–Kier alpha value is -1.88. The molecule has 18 heavy (non-hydrogen) atoms. The first-order valence-electron chi connectivity index (χ1n) is 5.92. The number of cyclic esters (lactones) is 1. The minimum Gasteiger partial charge on any atom is -0.464 e. The zero-order valence-corrected chi connectivity index (χ0v) is 10.2. The largest absolute Gasteiger partial charge is 0.464 e. The summed E-state index contributed by atoms with van der Waals surface area (Å²) >= 11 is 0. The Morgan fingerprint density at radius 3 is 3.00 bits per heavy atom. The van der Waals surface area contributed by atoms with Crippen molar-refractivity contribution in [3.05, 3.63) is 29.8 Å². The molecule has 0 radical (unpaired) electrons. The molecule has 2 N–H and O–H groups in total. The third kappa shape index (κ3) is 3.30. The molecule has 1 aliphatic heterocycles. The van der Waals surface area contributed by atoms with Gasteiger partial charge in [-0.05, 0) is 24.6 Å². The molecule has 5 heteroatoms. The minimum atomic E-state index is -0.353. The molecule has 1 heterocycles. The summed E-state index contributed by atoms with van der Waals surface area (Å²) in [5, 5.41) is 5.65. The van der Waals surface area contributed by atoms with Gasteiger partial charge in [0.25, 0.3) is 0 Å². The van der Waals surface area contributed by atoms with Gasteiger partial charge in [0.15, 0.2) is 0 Å². The zero-order valence-electron chi connectivity index (χ0n) is 10.2. The van der Waals surface area contributed by atoms with Crippen LogP contribution in [0, 0.1) is 6.92 Å². The summed E-state index contributed by atoms with van der Waals surface area (Å²) < 4.78 is 4.80. The van der Waals surface area contributed by atoms with Gasteiger partial charge in [-0.2, -0.15) is 0 Å². The van der Waals surface area contributed by atoms with Gasteiger partial charge in [-0.15, -0.1) is 0 Å². The van der Waals surface area contributed by atoms with Crippen LogP contribution in [0.4, 0.5) is 5.69 Å². The highest BCUT2D eigenvalue weighted by Crippen LogP contribution is 2.09. The Morgan fingerprint density at radius 2 is 2.33 bits per heavy atom. The lowest BCUT2D eigenvalue weighted by Gasteiger charge is -2.09. The van der Waals surface area contributed by atoms with Crippen LogP contribution in [0.25, 0.3) is 0 Å². The van der Waals surface area contributed by atoms with E-state index in [2.05, 4.69) is 10.6 Å². The van der Waals surface area contributed by atoms with Gasteiger partial charge in [0.05, 0.1) is 13.2 Å². The van der Waals surface area contributed by atoms with E-state index in [-0.39, 0.29) is 24.5 Å². The topological polar surface area (TPSA) is 67.4 Å². The van der Waals surface area contributed by atoms with Crippen LogP contribution in [-0.2, 0) is 14.3 Å². The quantitative estimate of drug-likeness (QED) is 0.775. The molecule has 1 unspecified atom stereocenters. The van der Waals surface area contributed by atoms with Crippen LogP contribution >= 0.6 is 0 Å². The predicted molar refractivity (Wildman–Crippen MR) is 67.2 cm³/mol. The second-order valence-corrected chi connectivity index (χ2v) is 4.31. The molecule has 2 rings (SSSR count). The van der Waals surface area contributed by atoms with Crippen molar-refractivity contribution in [1.82, 2.24) is 5.32 Å². The fraction of sp³-hybridized carbons (Fsp3) is 0.385. The molecule has 1 saturated heterocycles. The predicted octanol–water partition coefficient (Wildman–Crippen LogP) is 0.839. The number of nitrogens with one attached hydrogen (secondary N) is 2. The van der Waals surface area contributed by atoms with E-state index in [1.807, 2.05) is 31.2 Å². The number of anilines is 1. The average molecular weight is 248 g/mol. The third-order valence-corrected chi connectivity index (χ3v) is 2.75. The molecular weight excluding hydrogens is 232 g/mol. The van der Waals surface area contributed by atoms with E-state index in [4.69, 9.17) is 4.74 Å². The summed E-state index contributed by atoms with van der Waals surface area (Å²) in [6, 6.07) is 7.21. The van der Waals surface area contributed by atoms with E-state index in [1.165, 1.54) is 0 Å². The Morgan fingerprint density at radius 1 is 1.50 bits per heavy atom. The van der Waals surface area contributed by atoms with Crippen molar-refractivity contribution < 1.29 is 14.3 Å². The molecule has 1 atom stereocenters. The molecule has 5 nitrogen and oxygen atoms in total. The van der Waals surface area contributed by atoms with E-state index in [9.17, 15) is 9.59 Å². The Bertz CT molecular complexity index is 459. The SMILES string of the molecule is Cc1cccc(NC(=O)CNC2CCOC2=O)c1. The number of amides is 1. The number of ether oxygens (including phenoxy) is 1. The fourth-order valence-electron chi connectivity index (χ4n) is 1.83. The normalized spacial score (nSPS) is 18.5. The summed E-state index contributed by atoms with van der Waals surface area (Å²) in [5.74, 6) is -0.446. The number of benzene rings is 1. The zero-order chi connectivity index (χ0) is 13.0. The molecule has 0 saturated carbocycles. The molecule has 0 bridgehead atoms. The standard InChI is InChI=1S/C13H16N2O3/c1-9-3-2-4-10(7-9)15-12(16)8-14-11-5-6-18-13(11)17/h2-4,7,11,14H,5-6,8H2,1H3,(H,15,16). The van der Waals surface area contributed by atoms with Gasteiger partial charge in [-0.1, -0.05) is 12.1 Å². The molecule has 1 aromatic carbocycles. The average Bonchev–Trinajstić information content (AvgIpc) is 2.72. The second-order valence-electron chi connectivity index (χ2n) is 4.31. The van der Waals surface area contributed by atoms with Crippen molar-refractivity contribution in [1.29, 1.82) is 0 Å². The summed E-state index contributed by atoms with van der Waals surface area (Å²) in [6.07, 6.45) is 0.622. The van der Waals surface area contributed by atoms with Crippen LogP contribution < -0.4 is 10.6 Å². The van der Waals surface area contributed by atoms with Crippen LogP contribution in [0.15, 0.2) is 24.3 Å². The number of aryl methyl sites for hydroxylation is 1. The van der Waals surface area contributed by atoms with Crippen LogP contribution in [0.1, 0.15) is 12.0 Å². The smallest absolute Gasteiger partial charge is 0.323 e. The highest BCUT2D eigenvalue weighted by atomic mass is 16.5. The molecule has 1 fully saturated rings. The van der Waals surface area contributed by atoms with Gasteiger partial charge >= 0.3 is 5.97 Å². The highest BCUT2D eigenvalue weighted by molar-refractivity contribution is 5.92. The summed E-state index contributed by atoms with van der Waals surface area (Å²) in [7, 11) is 0. The van der Waals surface area contributed by atoms with Gasteiger partial charge in [0.1, 0.15) is 6.04 Å². The maximum atomic E-state index is 11.7. The first kappa shape index (κ1) is 12.6. The number of carbonyl (C=O) groups is 2. The Labute approximate surface area is 106 Å².